The minimum atomic E-state index is -1.17. The number of H-pyrrole nitrogens is 1. The number of nitrogens with zero attached hydrogens (tertiary/aromatic N) is 1. The summed E-state index contributed by atoms with van der Waals surface area (Å²) in [5.74, 6) is -7.24. The lowest BCUT2D eigenvalue weighted by molar-refractivity contribution is -0.134. The van der Waals surface area contributed by atoms with Crippen LogP contribution < -0.4 is 59.3 Å². The van der Waals surface area contributed by atoms with E-state index in [1.807, 2.05) is 0 Å². The van der Waals surface area contributed by atoms with Crippen molar-refractivity contribution < 1.29 is 47.9 Å². The van der Waals surface area contributed by atoms with Gasteiger partial charge in [-0.2, -0.15) is 0 Å². The summed E-state index contributed by atoms with van der Waals surface area (Å²) in [6.07, 6.45) is 3.11. The molecule has 0 fully saturated rings. The molecule has 1 rings (SSSR count). The van der Waals surface area contributed by atoms with Crippen LogP contribution >= 0.6 is 0 Å². The average Bonchev–Trinajstić information content (AvgIpc) is 3.61. The summed E-state index contributed by atoms with van der Waals surface area (Å²) in [6, 6.07) is -8.65. The van der Waals surface area contributed by atoms with Gasteiger partial charge in [0.25, 0.3) is 0 Å². The van der Waals surface area contributed by atoms with Crippen molar-refractivity contribution in [2.45, 2.75) is 103 Å². The van der Waals surface area contributed by atoms with Gasteiger partial charge in [-0.15, -0.1) is 0 Å². The number of rotatable bonds is 21. The van der Waals surface area contributed by atoms with E-state index in [1.54, 1.807) is 0 Å². The van der Waals surface area contributed by atoms with E-state index >= 15 is 0 Å². The Bertz CT molecular complexity index is 1540. The Hall–Kier alpha value is -6.13. The second-order valence-electron chi connectivity index (χ2n) is 12.5. The van der Waals surface area contributed by atoms with Crippen molar-refractivity contribution in [3.63, 3.8) is 0 Å². The number of imidazole rings is 1. The lowest BCUT2D eigenvalue weighted by Crippen LogP contribution is -2.57. The van der Waals surface area contributed by atoms with Crippen LogP contribution in [-0.2, 0) is 54.4 Å². The highest BCUT2D eigenvalue weighted by Crippen LogP contribution is 1.98. The molecule has 54 heavy (non-hydrogen) atoms. The van der Waals surface area contributed by atoms with E-state index in [2.05, 4.69) is 57.8 Å². The number of nitrogens with two attached hydrogens (primary N) is 2. The standard InChI is InChI=1S/C31H51N13O10/c1-13(24(33)47)38-22(45)10-35-25(48)14(2)40-28(51)17(5)43-29(52)18(6)42-27(50)16(4)39-23(46)11-36-26(49)15(3)41-30(53)19(7)44-31(54)21(32)8-20-9-34-12-37-20/h9,12-19,21H,8,10-11,32H2,1-7H3,(H2,33,47)(H,34,37)(H,35,48)(H,36,49)(H,38,45)(H,39,46)(H,40,51)(H,41,53)(H,42,50)(H,43,52)(H,44,54)/t13-,14-,15-,16-,17-,18-,19-,21-/m0/s1. The van der Waals surface area contributed by atoms with Crippen molar-refractivity contribution in [1.29, 1.82) is 0 Å². The summed E-state index contributed by atoms with van der Waals surface area (Å²) in [4.78, 5) is 129. The Morgan fingerprint density at radius 2 is 0.870 bits per heavy atom. The number of aromatic nitrogens is 2. The molecular formula is C31H51N13O10. The van der Waals surface area contributed by atoms with Crippen LogP contribution in [0.15, 0.2) is 12.5 Å². The maximum Gasteiger partial charge on any atom is 0.242 e. The highest BCUT2D eigenvalue weighted by atomic mass is 16.2. The number of hydrogen-bond donors (Lipinski definition) is 12. The molecule has 10 amide bonds. The van der Waals surface area contributed by atoms with Crippen LogP contribution in [0.1, 0.15) is 54.2 Å². The Morgan fingerprint density at radius 1 is 0.537 bits per heavy atom. The van der Waals surface area contributed by atoms with Crippen molar-refractivity contribution in [3.8, 4) is 0 Å². The van der Waals surface area contributed by atoms with Crippen LogP contribution in [0.5, 0.6) is 0 Å². The van der Waals surface area contributed by atoms with E-state index in [-0.39, 0.29) is 6.42 Å². The van der Waals surface area contributed by atoms with Gasteiger partial charge >= 0.3 is 0 Å². The maximum atomic E-state index is 12.6. The van der Waals surface area contributed by atoms with E-state index in [9.17, 15) is 47.9 Å². The molecule has 300 valence electrons. The fourth-order valence-corrected chi connectivity index (χ4v) is 4.09. The molecule has 1 aromatic rings. The first-order chi connectivity index (χ1) is 25.1. The Labute approximate surface area is 310 Å². The van der Waals surface area contributed by atoms with Crippen LogP contribution in [0.3, 0.4) is 0 Å². The van der Waals surface area contributed by atoms with Gasteiger partial charge in [0.1, 0.15) is 42.3 Å². The topological polar surface area (TPSA) is 360 Å². The molecule has 0 aliphatic heterocycles. The van der Waals surface area contributed by atoms with E-state index in [0.29, 0.717) is 5.69 Å². The lowest BCUT2D eigenvalue weighted by atomic mass is 10.1. The molecule has 0 aromatic carbocycles. The van der Waals surface area contributed by atoms with Crippen molar-refractivity contribution in [2.75, 3.05) is 13.1 Å². The van der Waals surface area contributed by atoms with Gasteiger partial charge in [0.05, 0.1) is 25.5 Å². The third-order valence-electron chi connectivity index (χ3n) is 7.51. The molecule has 0 radical (unpaired) electrons. The van der Waals surface area contributed by atoms with E-state index in [4.69, 9.17) is 11.5 Å². The molecule has 23 heteroatoms. The minimum Gasteiger partial charge on any atom is -0.368 e. The summed E-state index contributed by atoms with van der Waals surface area (Å²) in [5.41, 5.74) is 11.6. The molecule has 0 aliphatic rings. The summed E-state index contributed by atoms with van der Waals surface area (Å²) < 4.78 is 0. The normalized spacial score (nSPS) is 15.1. The molecule has 1 aromatic heterocycles. The summed E-state index contributed by atoms with van der Waals surface area (Å²) in [5, 5.41) is 21.2. The molecule has 0 saturated heterocycles. The average molecular weight is 766 g/mol. The quantitative estimate of drug-likeness (QED) is 0.0556. The van der Waals surface area contributed by atoms with Gasteiger partial charge < -0.3 is 64.3 Å². The van der Waals surface area contributed by atoms with Crippen LogP contribution in [0, 0.1) is 0 Å². The van der Waals surface area contributed by atoms with E-state index < -0.39 is 120 Å². The maximum absolute atomic E-state index is 12.6. The van der Waals surface area contributed by atoms with Crippen LogP contribution in [0.4, 0.5) is 0 Å². The van der Waals surface area contributed by atoms with Gasteiger partial charge in [-0.05, 0) is 48.5 Å². The molecule has 23 nitrogen and oxygen atoms in total. The second-order valence-corrected chi connectivity index (χ2v) is 12.5. The number of aromatic amines is 1. The number of carbonyl (C=O) groups excluding carboxylic acids is 10. The predicted octanol–water partition coefficient (Wildman–Crippen LogP) is -6.47. The van der Waals surface area contributed by atoms with Crippen molar-refractivity contribution >= 4 is 59.1 Å². The van der Waals surface area contributed by atoms with Gasteiger partial charge in [0.15, 0.2) is 0 Å². The van der Waals surface area contributed by atoms with Crippen LogP contribution in [0.2, 0.25) is 0 Å². The molecule has 14 N–H and O–H groups in total. The van der Waals surface area contributed by atoms with Crippen molar-refractivity contribution in [2.24, 2.45) is 11.5 Å². The number of carbonyl (C=O) groups is 10. The fraction of sp³-hybridized carbons (Fsp3) is 0.581. The molecule has 0 unspecified atom stereocenters. The largest absolute Gasteiger partial charge is 0.368 e. The Morgan fingerprint density at radius 3 is 1.22 bits per heavy atom. The van der Waals surface area contributed by atoms with Crippen molar-refractivity contribution in [1.82, 2.24) is 57.8 Å². The van der Waals surface area contributed by atoms with E-state index in [1.165, 1.54) is 61.0 Å². The molecule has 0 saturated carbocycles. The van der Waals surface area contributed by atoms with Gasteiger partial charge in [0, 0.05) is 18.3 Å². The zero-order chi connectivity index (χ0) is 41.3. The number of nitrogens with one attached hydrogen (secondary N) is 10. The van der Waals surface area contributed by atoms with Gasteiger partial charge in [0.2, 0.25) is 59.1 Å². The highest BCUT2D eigenvalue weighted by molar-refractivity contribution is 5.97. The molecule has 1 heterocycles. The molecule has 0 bridgehead atoms. The SMILES string of the molecule is C[C@H](NC(=O)CNC(=O)[C@H](C)NC(=O)[C@H](C)NC(=O)[C@H](C)NC(=O)[C@H](C)NC(=O)CNC(=O)[C@H](C)NC(=O)[C@H](C)NC(=O)[C@@H](N)Cc1cnc[nH]1)C(N)=O. The second kappa shape index (κ2) is 22.1. The van der Waals surface area contributed by atoms with Gasteiger partial charge in [-0.3, -0.25) is 47.9 Å². The number of hydrogen-bond acceptors (Lipinski definition) is 12. The van der Waals surface area contributed by atoms with Crippen LogP contribution in [-0.4, -0.2) is 130 Å². The summed E-state index contributed by atoms with van der Waals surface area (Å²) in [7, 11) is 0. The van der Waals surface area contributed by atoms with Gasteiger partial charge in [-0.1, -0.05) is 0 Å². The summed E-state index contributed by atoms with van der Waals surface area (Å²) in [6.45, 7) is 8.38. The molecular weight excluding hydrogens is 714 g/mol. The minimum absolute atomic E-state index is 0.161. The first kappa shape index (κ1) is 45.9. The zero-order valence-corrected chi connectivity index (χ0v) is 31.1. The van der Waals surface area contributed by atoms with Crippen LogP contribution in [0.25, 0.3) is 0 Å². The highest BCUT2D eigenvalue weighted by Gasteiger charge is 2.27. The third kappa shape index (κ3) is 16.5. The first-order valence-corrected chi connectivity index (χ1v) is 16.8. The first-order valence-electron chi connectivity index (χ1n) is 16.8. The Balaban J connectivity index is 2.43. The zero-order valence-electron chi connectivity index (χ0n) is 31.1. The van der Waals surface area contributed by atoms with Crippen molar-refractivity contribution in [3.05, 3.63) is 18.2 Å². The smallest absolute Gasteiger partial charge is 0.242 e. The van der Waals surface area contributed by atoms with E-state index in [0.717, 1.165) is 0 Å². The lowest BCUT2D eigenvalue weighted by Gasteiger charge is -2.22. The molecule has 0 aliphatic carbocycles. The monoisotopic (exact) mass is 765 g/mol. The predicted molar refractivity (Wildman–Crippen MR) is 189 cm³/mol. The summed E-state index contributed by atoms with van der Waals surface area (Å²) >= 11 is 0. The molecule has 8 atom stereocenters. The van der Waals surface area contributed by atoms with Gasteiger partial charge in [-0.25, -0.2) is 4.98 Å². The Kier molecular flexibility index (Phi) is 18.7. The number of amides is 10. The third-order valence-corrected chi connectivity index (χ3v) is 7.51. The molecule has 0 spiro atoms. The number of primary amides is 1. The fourth-order valence-electron chi connectivity index (χ4n) is 4.09.